The van der Waals surface area contributed by atoms with Crippen LogP contribution in [0.2, 0.25) is 0 Å². The molecule has 0 spiro atoms. The molecule has 3 nitrogen and oxygen atoms in total. The van der Waals surface area contributed by atoms with Gasteiger partial charge in [0, 0.05) is 13.2 Å². The third-order valence-electron chi connectivity index (χ3n) is 3.15. The van der Waals surface area contributed by atoms with E-state index in [0.29, 0.717) is 12.6 Å². The van der Waals surface area contributed by atoms with Crippen LogP contribution in [0.4, 0.5) is 0 Å². The lowest BCUT2D eigenvalue weighted by Gasteiger charge is -2.18. The molecule has 1 N–H and O–H groups in total. The van der Waals surface area contributed by atoms with Gasteiger partial charge in [-0.2, -0.15) is 0 Å². The first-order valence-corrected chi connectivity index (χ1v) is 6.64. The Morgan fingerprint density at radius 2 is 2.24 bits per heavy atom. The average Bonchev–Trinajstić information content (AvgIpc) is 2.84. The average molecular weight is 300 g/mol. The van der Waals surface area contributed by atoms with Gasteiger partial charge in [0.25, 0.3) is 0 Å². The Balaban J connectivity index is 2.37. The van der Waals surface area contributed by atoms with E-state index in [2.05, 4.69) is 33.4 Å². The molecule has 17 heavy (non-hydrogen) atoms. The zero-order chi connectivity index (χ0) is 12.3. The molecule has 1 saturated heterocycles. The molecular formula is C13H18BrNO2. The van der Waals surface area contributed by atoms with E-state index in [4.69, 9.17) is 9.47 Å². The summed E-state index contributed by atoms with van der Waals surface area (Å²) in [5.74, 6) is 0.860. The van der Waals surface area contributed by atoms with Crippen molar-refractivity contribution in [2.75, 3.05) is 20.8 Å². The van der Waals surface area contributed by atoms with E-state index in [0.717, 1.165) is 16.8 Å². The monoisotopic (exact) mass is 299 g/mol. The Bertz CT molecular complexity index is 389. The van der Waals surface area contributed by atoms with E-state index in [9.17, 15) is 0 Å². The minimum atomic E-state index is 0.447. The van der Waals surface area contributed by atoms with Crippen LogP contribution >= 0.6 is 15.9 Å². The quantitative estimate of drug-likeness (QED) is 0.927. The van der Waals surface area contributed by atoms with Crippen molar-refractivity contribution < 1.29 is 9.47 Å². The van der Waals surface area contributed by atoms with Gasteiger partial charge in [0.05, 0.1) is 18.2 Å². The molecule has 0 saturated carbocycles. The molecule has 1 heterocycles. The van der Waals surface area contributed by atoms with Gasteiger partial charge in [-0.1, -0.05) is 0 Å². The minimum Gasteiger partial charge on any atom is -0.496 e. The summed E-state index contributed by atoms with van der Waals surface area (Å²) in [7, 11) is 3.41. The normalized spacial score (nSPS) is 19.6. The first kappa shape index (κ1) is 12.9. The van der Waals surface area contributed by atoms with Crippen LogP contribution in [0.25, 0.3) is 0 Å². The summed E-state index contributed by atoms with van der Waals surface area (Å²) in [6, 6.07) is 4.65. The molecule has 1 aliphatic rings. The zero-order valence-corrected chi connectivity index (χ0v) is 11.8. The highest BCUT2D eigenvalue weighted by atomic mass is 79.9. The second-order valence-corrected chi connectivity index (χ2v) is 5.12. The summed E-state index contributed by atoms with van der Waals surface area (Å²) < 4.78 is 11.6. The van der Waals surface area contributed by atoms with E-state index in [1.165, 1.54) is 24.0 Å². The molecule has 94 valence electrons. The molecule has 2 rings (SSSR count). The van der Waals surface area contributed by atoms with Crippen molar-refractivity contribution in [3.8, 4) is 5.75 Å². The molecule has 1 aliphatic heterocycles. The van der Waals surface area contributed by atoms with Gasteiger partial charge in [0.2, 0.25) is 0 Å². The van der Waals surface area contributed by atoms with Crippen molar-refractivity contribution >= 4 is 15.9 Å². The minimum absolute atomic E-state index is 0.447. The summed E-state index contributed by atoms with van der Waals surface area (Å²) >= 11 is 3.55. The smallest absolute Gasteiger partial charge is 0.133 e. The number of rotatable bonds is 4. The third-order valence-corrected chi connectivity index (χ3v) is 3.77. The Hall–Kier alpha value is -0.580. The van der Waals surface area contributed by atoms with Crippen LogP contribution in [0, 0.1) is 0 Å². The van der Waals surface area contributed by atoms with Crippen LogP contribution in [-0.4, -0.2) is 20.8 Å². The maximum Gasteiger partial charge on any atom is 0.133 e. The van der Waals surface area contributed by atoms with E-state index in [1.54, 1.807) is 14.2 Å². The molecule has 0 aromatic heterocycles. The molecule has 1 atom stereocenters. The van der Waals surface area contributed by atoms with Gasteiger partial charge in [0.1, 0.15) is 5.75 Å². The van der Waals surface area contributed by atoms with E-state index < -0.39 is 0 Å². The maximum absolute atomic E-state index is 5.33. The van der Waals surface area contributed by atoms with Gasteiger partial charge in [-0.3, -0.25) is 0 Å². The molecule has 0 amide bonds. The van der Waals surface area contributed by atoms with Crippen LogP contribution in [0.1, 0.15) is 30.0 Å². The number of hydrogen-bond donors (Lipinski definition) is 1. The van der Waals surface area contributed by atoms with Gasteiger partial charge in [-0.25, -0.2) is 0 Å². The van der Waals surface area contributed by atoms with Crippen LogP contribution < -0.4 is 10.1 Å². The highest BCUT2D eigenvalue weighted by Crippen LogP contribution is 2.34. The van der Waals surface area contributed by atoms with Gasteiger partial charge < -0.3 is 14.8 Å². The fraction of sp³-hybridized carbons (Fsp3) is 0.538. The molecular weight excluding hydrogens is 282 g/mol. The second kappa shape index (κ2) is 5.85. The van der Waals surface area contributed by atoms with Crippen molar-refractivity contribution in [3.05, 3.63) is 27.7 Å². The Labute approximate surface area is 111 Å². The predicted octanol–water partition coefficient (Wildman–Crippen LogP) is 3.03. The van der Waals surface area contributed by atoms with Crippen LogP contribution in [0.5, 0.6) is 5.75 Å². The largest absolute Gasteiger partial charge is 0.496 e. The van der Waals surface area contributed by atoms with Gasteiger partial charge >= 0.3 is 0 Å². The second-order valence-electron chi connectivity index (χ2n) is 4.27. The molecule has 0 aliphatic carbocycles. The summed E-state index contributed by atoms with van der Waals surface area (Å²) in [4.78, 5) is 0. The summed E-state index contributed by atoms with van der Waals surface area (Å²) in [6.07, 6.45) is 2.43. The molecule has 0 radical (unpaired) electrons. The number of methoxy groups -OCH3 is 2. The maximum atomic E-state index is 5.33. The SMILES string of the molecule is COCc1cc(OC)c(Br)cc1C1CCCN1. The van der Waals surface area contributed by atoms with Crippen molar-refractivity contribution in [1.82, 2.24) is 5.32 Å². The first-order valence-electron chi connectivity index (χ1n) is 5.85. The number of benzene rings is 1. The number of hydrogen-bond acceptors (Lipinski definition) is 3. The van der Waals surface area contributed by atoms with E-state index in [-0.39, 0.29) is 0 Å². The molecule has 1 fully saturated rings. The molecule has 4 heteroatoms. The fourth-order valence-electron chi connectivity index (χ4n) is 2.32. The van der Waals surface area contributed by atoms with E-state index in [1.807, 2.05) is 0 Å². The van der Waals surface area contributed by atoms with Crippen LogP contribution in [0.15, 0.2) is 16.6 Å². The zero-order valence-electron chi connectivity index (χ0n) is 10.3. The van der Waals surface area contributed by atoms with E-state index >= 15 is 0 Å². The van der Waals surface area contributed by atoms with Gasteiger partial charge in [0.15, 0.2) is 0 Å². The van der Waals surface area contributed by atoms with Gasteiger partial charge in [-0.15, -0.1) is 0 Å². The lowest BCUT2D eigenvalue weighted by Crippen LogP contribution is -2.15. The molecule has 1 unspecified atom stereocenters. The number of nitrogens with one attached hydrogen (secondary N) is 1. The predicted molar refractivity (Wildman–Crippen MR) is 71.4 cm³/mol. The summed E-state index contributed by atoms with van der Waals surface area (Å²) in [5.41, 5.74) is 2.52. The standard InChI is InChI=1S/C13H18BrNO2/c1-16-8-9-6-13(17-2)11(14)7-10(9)12-4-3-5-15-12/h6-7,12,15H,3-5,8H2,1-2H3. The lowest BCUT2D eigenvalue weighted by atomic mass is 9.99. The topological polar surface area (TPSA) is 30.5 Å². The Kier molecular flexibility index (Phi) is 4.42. The molecule has 1 aromatic carbocycles. The van der Waals surface area contributed by atoms with Crippen molar-refractivity contribution in [2.45, 2.75) is 25.5 Å². The fourth-order valence-corrected chi connectivity index (χ4v) is 2.85. The van der Waals surface area contributed by atoms with Crippen molar-refractivity contribution in [1.29, 1.82) is 0 Å². The number of ether oxygens (including phenoxy) is 2. The summed E-state index contributed by atoms with van der Waals surface area (Å²) in [6.45, 7) is 1.72. The van der Waals surface area contributed by atoms with Crippen molar-refractivity contribution in [2.24, 2.45) is 0 Å². The Morgan fingerprint density at radius 1 is 1.41 bits per heavy atom. The third kappa shape index (κ3) is 2.81. The Morgan fingerprint density at radius 3 is 2.82 bits per heavy atom. The van der Waals surface area contributed by atoms with Gasteiger partial charge in [-0.05, 0) is 58.6 Å². The number of halogens is 1. The highest BCUT2D eigenvalue weighted by molar-refractivity contribution is 9.10. The molecule has 0 bridgehead atoms. The van der Waals surface area contributed by atoms with Crippen LogP contribution in [-0.2, 0) is 11.3 Å². The molecule has 1 aromatic rings. The highest BCUT2D eigenvalue weighted by Gasteiger charge is 2.20. The van der Waals surface area contributed by atoms with Crippen LogP contribution in [0.3, 0.4) is 0 Å². The summed E-state index contributed by atoms with van der Waals surface area (Å²) in [5, 5.41) is 3.52. The van der Waals surface area contributed by atoms with Crippen molar-refractivity contribution in [3.63, 3.8) is 0 Å². The lowest BCUT2D eigenvalue weighted by molar-refractivity contribution is 0.183. The first-order chi connectivity index (χ1) is 8.26.